The lowest BCUT2D eigenvalue weighted by molar-refractivity contribution is 0.157. The van der Waals surface area contributed by atoms with Crippen molar-refractivity contribution in [3.8, 4) is 0 Å². The second kappa shape index (κ2) is 8.24. The lowest BCUT2D eigenvalue weighted by Gasteiger charge is -2.21. The molecule has 0 amide bonds. The van der Waals surface area contributed by atoms with Gasteiger partial charge in [0.05, 0.1) is 11.5 Å². The van der Waals surface area contributed by atoms with Gasteiger partial charge < -0.3 is 10.1 Å². The fraction of sp³-hybridized carbons (Fsp3) is 0.714. The van der Waals surface area contributed by atoms with Crippen LogP contribution >= 0.6 is 11.3 Å². The first-order chi connectivity index (χ1) is 9.81. The van der Waals surface area contributed by atoms with Crippen LogP contribution in [0.1, 0.15) is 30.5 Å². The van der Waals surface area contributed by atoms with Gasteiger partial charge in [-0.1, -0.05) is 20.8 Å². The third-order valence-corrected chi connectivity index (χ3v) is 6.02. The average molecular weight is 335 g/mol. The van der Waals surface area contributed by atoms with Crippen molar-refractivity contribution in [1.82, 2.24) is 10.0 Å². The minimum atomic E-state index is -3.51. The molecule has 0 radical (unpaired) electrons. The first-order valence-electron chi connectivity index (χ1n) is 7.13. The van der Waals surface area contributed by atoms with Crippen LogP contribution in [-0.2, 0) is 21.3 Å². The Balaban J connectivity index is 2.93. The molecular weight excluding hydrogens is 308 g/mol. The fourth-order valence-corrected chi connectivity index (χ4v) is 4.91. The van der Waals surface area contributed by atoms with Crippen LogP contribution in [0.4, 0.5) is 0 Å². The quantitative estimate of drug-likeness (QED) is 0.726. The van der Waals surface area contributed by atoms with Crippen LogP contribution in [0.25, 0.3) is 0 Å². The summed E-state index contributed by atoms with van der Waals surface area (Å²) in [4.78, 5) is 2.22. The van der Waals surface area contributed by atoms with E-state index in [2.05, 4.69) is 10.0 Å². The molecule has 0 aromatic carbocycles. The monoisotopic (exact) mass is 334 g/mol. The Labute approximate surface area is 132 Å². The molecule has 0 bridgehead atoms. The molecule has 0 aliphatic carbocycles. The van der Waals surface area contributed by atoms with Gasteiger partial charge in [0.1, 0.15) is 0 Å². The summed E-state index contributed by atoms with van der Waals surface area (Å²) in [5, 5.41) is 3.21. The van der Waals surface area contributed by atoms with Gasteiger partial charge in [-0.3, -0.25) is 0 Å². The summed E-state index contributed by atoms with van der Waals surface area (Å²) in [7, 11) is -1.93. The Morgan fingerprint density at radius 1 is 1.38 bits per heavy atom. The molecular formula is C14H26N2O3S2. The third kappa shape index (κ3) is 5.34. The number of aryl methyl sites for hydroxylation is 1. The standard InChI is InChI=1S/C14H26N2O3S2/c1-6-15-8-12-7-14(11(4)20-12)21(17,18)16-13(9-19-5)10(2)3/h7,10,13,15-16H,6,8-9H2,1-5H3. The molecule has 21 heavy (non-hydrogen) atoms. The van der Waals surface area contributed by atoms with Gasteiger partial charge >= 0.3 is 0 Å². The molecule has 1 unspecified atom stereocenters. The van der Waals surface area contributed by atoms with Crippen molar-refractivity contribution in [2.24, 2.45) is 5.92 Å². The zero-order valence-corrected chi connectivity index (χ0v) is 15.0. The summed E-state index contributed by atoms with van der Waals surface area (Å²) in [5.74, 6) is 0.167. The predicted octanol–water partition coefficient (Wildman–Crippen LogP) is 2.12. The number of rotatable bonds is 9. The maximum absolute atomic E-state index is 12.5. The lowest BCUT2D eigenvalue weighted by Crippen LogP contribution is -2.41. The zero-order chi connectivity index (χ0) is 16.0. The number of hydrogen-bond donors (Lipinski definition) is 2. The van der Waals surface area contributed by atoms with Gasteiger partial charge in [-0.25, -0.2) is 13.1 Å². The van der Waals surface area contributed by atoms with Crippen molar-refractivity contribution in [3.63, 3.8) is 0 Å². The molecule has 0 saturated heterocycles. The van der Waals surface area contributed by atoms with Crippen LogP contribution in [0.3, 0.4) is 0 Å². The highest BCUT2D eigenvalue weighted by Gasteiger charge is 2.25. The molecule has 1 heterocycles. The van der Waals surface area contributed by atoms with Gasteiger partial charge in [0.25, 0.3) is 0 Å². The topological polar surface area (TPSA) is 67.4 Å². The van der Waals surface area contributed by atoms with Gasteiger partial charge in [-0.2, -0.15) is 0 Å². The van der Waals surface area contributed by atoms with E-state index in [4.69, 9.17) is 4.74 Å². The molecule has 5 nitrogen and oxygen atoms in total. The molecule has 1 aromatic rings. The predicted molar refractivity (Wildman–Crippen MR) is 87.3 cm³/mol. The van der Waals surface area contributed by atoms with E-state index in [9.17, 15) is 8.42 Å². The second-order valence-electron chi connectivity index (χ2n) is 5.34. The Bertz CT molecular complexity index is 538. The molecule has 7 heteroatoms. The van der Waals surface area contributed by atoms with Crippen molar-refractivity contribution >= 4 is 21.4 Å². The van der Waals surface area contributed by atoms with E-state index in [-0.39, 0.29) is 12.0 Å². The molecule has 0 fully saturated rings. The van der Waals surface area contributed by atoms with E-state index in [1.165, 1.54) is 11.3 Å². The highest BCUT2D eigenvalue weighted by molar-refractivity contribution is 7.89. The first-order valence-corrected chi connectivity index (χ1v) is 9.43. The van der Waals surface area contributed by atoms with E-state index in [1.54, 1.807) is 13.2 Å². The largest absolute Gasteiger partial charge is 0.383 e. The van der Waals surface area contributed by atoms with Crippen molar-refractivity contribution < 1.29 is 13.2 Å². The third-order valence-electron chi connectivity index (χ3n) is 3.22. The van der Waals surface area contributed by atoms with E-state index < -0.39 is 10.0 Å². The van der Waals surface area contributed by atoms with Gasteiger partial charge in [0.2, 0.25) is 10.0 Å². The zero-order valence-electron chi connectivity index (χ0n) is 13.4. The summed E-state index contributed by atoms with van der Waals surface area (Å²) in [6.07, 6.45) is 0. The number of hydrogen-bond acceptors (Lipinski definition) is 5. The summed E-state index contributed by atoms with van der Waals surface area (Å²) < 4.78 is 33.0. The number of thiophene rings is 1. The fourth-order valence-electron chi connectivity index (χ4n) is 1.93. The summed E-state index contributed by atoms with van der Waals surface area (Å²) in [6, 6.07) is 1.53. The molecule has 122 valence electrons. The van der Waals surface area contributed by atoms with Gasteiger partial charge in [-0.05, 0) is 25.5 Å². The smallest absolute Gasteiger partial charge is 0.242 e. The molecule has 1 rings (SSSR count). The van der Waals surface area contributed by atoms with E-state index in [0.717, 1.165) is 16.3 Å². The number of methoxy groups -OCH3 is 1. The average Bonchev–Trinajstić information content (AvgIpc) is 2.77. The molecule has 0 aliphatic heterocycles. The van der Waals surface area contributed by atoms with Crippen LogP contribution in [0, 0.1) is 12.8 Å². The van der Waals surface area contributed by atoms with Crippen LogP contribution in [0.5, 0.6) is 0 Å². The Kier molecular flexibility index (Phi) is 7.29. The van der Waals surface area contributed by atoms with Gasteiger partial charge in [0.15, 0.2) is 0 Å². The number of sulfonamides is 1. The van der Waals surface area contributed by atoms with Gasteiger partial charge in [-0.15, -0.1) is 11.3 Å². The Hall–Kier alpha value is -0.470. The summed E-state index contributed by atoms with van der Waals surface area (Å²) in [5.41, 5.74) is 0. The van der Waals surface area contributed by atoms with E-state index in [1.807, 2.05) is 27.7 Å². The second-order valence-corrected chi connectivity index (χ2v) is 8.36. The SMILES string of the molecule is CCNCc1cc(S(=O)(=O)NC(COC)C(C)C)c(C)s1. The minimum absolute atomic E-state index is 0.167. The van der Waals surface area contributed by atoms with Crippen molar-refractivity contribution in [3.05, 3.63) is 15.8 Å². The Morgan fingerprint density at radius 2 is 2.05 bits per heavy atom. The molecule has 0 spiro atoms. The number of ether oxygens (including phenoxy) is 1. The molecule has 1 aromatic heterocycles. The molecule has 2 N–H and O–H groups in total. The van der Waals surface area contributed by atoms with Crippen molar-refractivity contribution in [1.29, 1.82) is 0 Å². The van der Waals surface area contributed by atoms with Crippen LogP contribution in [0.15, 0.2) is 11.0 Å². The van der Waals surface area contributed by atoms with Gasteiger partial charge in [0, 0.05) is 29.5 Å². The number of nitrogens with one attached hydrogen (secondary N) is 2. The first kappa shape index (κ1) is 18.6. The highest BCUT2D eigenvalue weighted by Crippen LogP contribution is 2.26. The lowest BCUT2D eigenvalue weighted by atomic mass is 10.1. The van der Waals surface area contributed by atoms with Crippen LogP contribution in [0.2, 0.25) is 0 Å². The minimum Gasteiger partial charge on any atom is -0.383 e. The maximum atomic E-state index is 12.5. The van der Waals surface area contributed by atoms with Crippen molar-refractivity contribution in [2.45, 2.75) is 45.2 Å². The molecule has 0 saturated carbocycles. The summed E-state index contributed by atoms with van der Waals surface area (Å²) >= 11 is 1.52. The summed E-state index contributed by atoms with van der Waals surface area (Å²) in [6.45, 7) is 9.74. The van der Waals surface area contributed by atoms with E-state index in [0.29, 0.717) is 18.0 Å². The Morgan fingerprint density at radius 3 is 2.57 bits per heavy atom. The maximum Gasteiger partial charge on any atom is 0.242 e. The van der Waals surface area contributed by atoms with Crippen LogP contribution in [-0.4, -0.2) is 34.7 Å². The normalized spacial score (nSPS) is 13.8. The molecule has 1 atom stereocenters. The highest BCUT2D eigenvalue weighted by atomic mass is 32.2. The van der Waals surface area contributed by atoms with E-state index >= 15 is 0 Å². The van der Waals surface area contributed by atoms with Crippen LogP contribution < -0.4 is 10.0 Å². The molecule has 0 aliphatic rings. The van der Waals surface area contributed by atoms with Crippen molar-refractivity contribution in [2.75, 3.05) is 20.3 Å².